The van der Waals surface area contributed by atoms with Gasteiger partial charge in [0, 0.05) is 19.6 Å². The number of methoxy groups -OCH3 is 2. The number of benzene rings is 1. The first-order valence-electron chi connectivity index (χ1n) is 5.51. The zero-order chi connectivity index (χ0) is 12.8. The molecule has 0 N–H and O–H groups in total. The lowest BCUT2D eigenvalue weighted by atomic mass is 10.3. The van der Waals surface area contributed by atoms with Gasteiger partial charge in [-0.2, -0.15) is 0 Å². The maximum absolute atomic E-state index is 5.62. The van der Waals surface area contributed by atoms with Gasteiger partial charge in [-0.1, -0.05) is 18.2 Å². The molecule has 0 saturated carbocycles. The molecule has 0 amide bonds. The van der Waals surface area contributed by atoms with Crippen LogP contribution in [0.5, 0.6) is 5.75 Å². The first-order chi connectivity index (χ1) is 8.83. The Morgan fingerprint density at radius 2 is 1.89 bits per heavy atom. The third-order valence-electron chi connectivity index (χ3n) is 2.34. The largest absolute Gasteiger partial charge is 0.486 e. The Bertz CT molecular complexity index is 468. The molecule has 0 unspecified atom stereocenters. The minimum atomic E-state index is -0.410. The number of ether oxygens (including phenoxy) is 3. The Morgan fingerprint density at radius 3 is 2.56 bits per heavy atom. The van der Waals surface area contributed by atoms with Crippen LogP contribution in [0.3, 0.4) is 0 Å². The molecular formula is C13H15NO3S. The quantitative estimate of drug-likeness (QED) is 0.753. The second-order valence-corrected chi connectivity index (χ2v) is 4.51. The maximum atomic E-state index is 5.62. The highest BCUT2D eigenvalue weighted by atomic mass is 32.1. The molecule has 96 valence electrons. The Hall–Kier alpha value is -1.43. The van der Waals surface area contributed by atoms with Crippen LogP contribution in [0.1, 0.15) is 17.0 Å². The molecule has 4 nitrogen and oxygen atoms in total. The van der Waals surface area contributed by atoms with E-state index in [0.29, 0.717) is 6.61 Å². The van der Waals surface area contributed by atoms with E-state index < -0.39 is 6.29 Å². The van der Waals surface area contributed by atoms with Gasteiger partial charge in [0.1, 0.15) is 23.1 Å². The van der Waals surface area contributed by atoms with Crippen molar-refractivity contribution < 1.29 is 14.2 Å². The predicted molar refractivity (Wildman–Crippen MR) is 69.6 cm³/mol. The Kier molecular flexibility index (Phi) is 4.69. The summed E-state index contributed by atoms with van der Waals surface area (Å²) >= 11 is 1.53. The van der Waals surface area contributed by atoms with Gasteiger partial charge in [-0.25, -0.2) is 4.98 Å². The molecule has 0 saturated heterocycles. The third-order valence-corrected chi connectivity index (χ3v) is 3.19. The van der Waals surface area contributed by atoms with Crippen LogP contribution in [-0.2, 0) is 16.1 Å². The lowest BCUT2D eigenvalue weighted by Gasteiger charge is -2.09. The Morgan fingerprint density at radius 1 is 1.17 bits per heavy atom. The van der Waals surface area contributed by atoms with E-state index in [2.05, 4.69) is 4.98 Å². The van der Waals surface area contributed by atoms with Crippen molar-refractivity contribution in [3.63, 3.8) is 0 Å². The zero-order valence-electron chi connectivity index (χ0n) is 10.3. The van der Waals surface area contributed by atoms with E-state index in [1.54, 1.807) is 14.2 Å². The van der Waals surface area contributed by atoms with Crippen LogP contribution in [0.25, 0.3) is 0 Å². The smallest absolute Gasteiger partial charge is 0.201 e. The van der Waals surface area contributed by atoms with Crippen LogP contribution >= 0.6 is 11.3 Å². The van der Waals surface area contributed by atoms with Crippen molar-refractivity contribution in [2.45, 2.75) is 12.9 Å². The summed E-state index contributed by atoms with van der Waals surface area (Å²) in [5.41, 5.74) is 0.775. The SMILES string of the molecule is COC(OC)c1csc(COc2ccccc2)n1. The standard InChI is InChI=1S/C13H15NO3S/c1-15-13(16-2)11-9-18-12(14-11)8-17-10-6-4-3-5-7-10/h3-7,9,13H,8H2,1-2H3. The average Bonchev–Trinajstić information content (AvgIpc) is 2.88. The summed E-state index contributed by atoms with van der Waals surface area (Å²) in [5.74, 6) is 0.837. The molecule has 1 aromatic heterocycles. The molecule has 0 fully saturated rings. The highest BCUT2D eigenvalue weighted by molar-refractivity contribution is 7.09. The lowest BCUT2D eigenvalue weighted by Crippen LogP contribution is -2.04. The van der Waals surface area contributed by atoms with Gasteiger partial charge in [0.05, 0.1) is 0 Å². The van der Waals surface area contributed by atoms with Crippen LogP contribution < -0.4 is 4.74 Å². The van der Waals surface area contributed by atoms with Crippen LogP contribution in [0.2, 0.25) is 0 Å². The number of aromatic nitrogens is 1. The molecule has 1 aromatic carbocycles. The summed E-state index contributed by atoms with van der Waals surface area (Å²) in [5, 5.41) is 2.81. The fourth-order valence-corrected chi connectivity index (χ4v) is 2.20. The fraction of sp³-hybridized carbons (Fsp3) is 0.308. The monoisotopic (exact) mass is 265 g/mol. The van der Waals surface area contributed by atoms with Crippen LogP contribution in [0.15, 0.2) is 35.7 Å². The molecule has 0 bridgehead atoms. The van der Waals surface area contributed by atoms with E-state index >= 15 is 0 Å². The average molecular weight is 265 g/mol. The van der Waals surface area contributed by atoms with Gasteiger partial charge in [0.25, 0.3) is 0 Å². The number of rotatable bonds is 6. The maximum Gasteiger partial charge on any atom is 0.201 e. The molecule has 0 aliphatic carbocycles. The van der Waals surface area contributed by atoms with Crippen molar-refractivity contribution >= 4 is 11.3 Å². The number of para-hydroxylation sites is 1. The van der Waals surface area contributed by atoms with Crippen molar-refractivity contribution in [3.05, 3.63) is 46.4 Å². The van der Waals surface area contributed by atoms with Gasteiger partial charge in [-0.05, 0) is 12.1 Å². The van der Waals surface area contributed by atoms with E-state index in [1.165, 1.54) is 11.3 Å². The molecule has 2 aromatic rings. The van der Waals surface area contributed by atoms with E-state index in [1.807, 2.05) is 35.7 Å². The second kappa shape index (κ2) is 6.49. The van der Waals surface area contributed by atoms with Crippen molar-refractivity contribution in [1.82, 2.24) is 4.98 Å². The minimum Gasteiger partial charge on any atom is -0.486 e. The van der Waals surface area contributed by atoms with Crippen LogP contribution in [-0.4, -0.2) is 19.2 Å². The second-order valence-electron chi connectivity index (χ2n) is 3.57. The van der Waals surface area contributed by atoms with Crippen molar-refractivity contribution in [2.24, 2.45) is 0 Å². The molecule has 0 atom stereocenters. The Labute approximate surface area is 110 Å². The zero-order valence-corrected chi connectivity index (χ0v) is 11.1. The number of hydrogen-bond acceptors (Lipinski definition) is 5. The molecular weight excluding hydrogens is 250 g/mol. The minimum absolute atomic E-state index is 0.410. The van der Waals surface area contributed by atoms with Gasteiger partial charge < -0.3 is 14.2 Å². The predicted octanol–water partition coefficient (Wildman–Crippen LogP) is 3.01. The third kappa shape index (κ3) is 3.29. The topological polar surface area (TPSA) is 40.6 Å². The number of thiazole rings is 1. The number of nitrogens with zero attached hydrogens (tertiary/aromatic N) is 1. The normalized spacial score (nSPS) is 10.8. The van der Waals surface area contributed by atoms with E-state index in [9.17, 15) is 0 Å². The van der Waals surface area contributed by atoms with Crippen LogP contribution in [0.4, 0.5) is 0 Å². The van der Waals surface area contributed by atoms with E-state index in [4.69, 9.17) is 14.2 Å². The van der Waals surface area contributed by atoms with Gasteiger partial charge >= 0.3 is 0 Å². The van der Waals surface area contributed by atoms with Crippen molar-refractivity contribution in [1.29, 1.82) is 0 Å². The molecule has 18 heavy (non-hydrogen) atoms. The number of hydrogen-bond donors (Lipinski definition) is 0. The fourth-order valence-electron chi connectivity index (χ4n) is 1.50. The summed E-state index contributed by atoms with van der Waals surface area (Å²) in [7, 11) is 3.18. The lowest BCUT2D eigenvalue weighted by molar-refractivity contribution is -0.108. The van der Waals surface area contributed by atoms with Gasteiger partial charge in [-0.3, -0.25) is 0 Å². The summed E-state index contributed by atoms with van der Waals surface area (Å²) in [4.78, 5) is 4.41. The highest BCUT2D eigenvalue weighted by Crippen LogP contribution is 2.21. The Balaban J connectivity index is 1.95. The van der Waals surface area contributed by atoms with Gasteiger partial charge in [0.15, 0.2) is 0 Å². The molecule has 5 heteroatoms. The first kappa shape index (κ1) is 13.0. The van der Waals surface area contributed by atoms with Crippen molar-refractivity contribution in [2.75, 3.05) is 14.2 Å². The van der Waals surface area contributed by atoms with Crippen molar-refractivity contribution in [3.8, 4) is 5.75 Å². The molecule has 0 spiro atoms. The van der Waals surface area contributed by atoms with Gasteiger partial charge in [-0.15, -0.1) is 11.3 Å². The van der Waals surface area contributed by atoms with E-state index in [-0.39, 0.29) is 0 Å². The van der Waals surface area contributed by atoms with E-state index in [0.717, 1.165) is 16.5 Å². The molecule has 1 heterocycles. The molecule has 0 radical (unpaired) electrons. The van der Waals surface area contributed by atoms with Crippen LogP contribution in [0, 0.1) is 0 Å². The van der Waals surface area contributed by atoms with Gasteiger partial charge in [0.2, 0.25) is 6.29 Å². The molecule has 0 aliphatic heterocycles. The summed E-state index contributed by atoms with van der Waals surface area (Å²) in [6.07, 6.45) is -0.410. The summed E-state index contributed by atoms with van der Waals surface area (Å²) in [6.45, 7) is 0.453. The molecule has 2 rings (SSSR count). The summed E-state index contributed by atoms with van der Waals surface area (Å²) in [6, 6.07) is 9.67. The summed E-state index contributed by atoms with van der Waals surface area (Å²) < 4.78 is 15.9. The highest BCUT2D eigenvalue weighted by Gasteiger charge is 2.13. The molecule has 0 aliphatic rings. The first-order valence-corrected chi connectivity index (χ1v) is 6.39.